The Kier molecular flexibility index (Phi) is 3.48. The van der Waals surface area contributed by atoms with Crippen molar-refractivity contribution < 1.29 is 8.60 Å². The van der Waals surface area contributed by atoms with Gasteiger partial charge in [-0.15, -0.1) is 0 Å². The number of benzene rings is 3. The lowest BCUT2D eigenvalue weighted by atomic mass is 10.2. The van der Waals surface area contributed by atoms with E-state index in [4.69, 9.17) is 8.60 Å². The summed E-state index contributed by atoms with van der Waals surface area (Å²) in [5.41, 5.74) is 1.85. The van der Waals surface area contributed by atoms with Gasteiger partial charge in [0.25, 0.3) is 0 Å². The first-order chi connectivity index (χ1) is 11.3. The Bertz CT molecular complexity index is 998. The smallest absolute Gasteiger partial charge is 0.182 e. The van der Waals surface area contributed by atoms with Gasteiger partial charge in [0.1, 0.15) is 17.0 Å². The first-order valence-corrected chi connectivity index (χ1v) is 7.76. The van der Waals surface area contributed by atoms with Gasteiger partial charge >= 0.3 is 0 Å². The Morgan fingerprint density at radius 3 is 2.70 bits per heavy atom. The van der Waals surface area contributed by atoms with Crippen LogP contribution in [0.4, 0.5) is 0 Å². The van der Waals surface area contributed by atoms with Crippen molar-refractivity contribution in [2.45, 2.75) is 4.90 Å². The Morgan fingerprint density at radius 2 is 1.83 bits per heavy atom. The Balaban J connectivity index is 1.68. The van der Waals surface area contributed by atoms with E-state index < -0.39 is 0 Å². The van der Waals surface area contributed by atoms with E-state index in [0.29, 0.717) is 28.3 Å². The lowest BCUT2D eigenvalue weighted by molar-refractivity contribution is 0.603. The van der Waals surface area contributed by atoms with Crippen molar-refractivity contribution in [2.75, 3.05) is 0 Å². The van der Waals surface area contributed by atoms with Crippen molar-refractivity contribution in [3.63, 3.8) is 0 Å². The molecule has 0 saturated carbocycles. The van der Waals surface area contributed by atoms with Gasteiger partial charge in [-0.3, -0.25) is 4.79 Å². The Labute approximate surface area is 136 Å². The number of aromatic nitrogens is 1. The van der Waals surface area contributed by atoms with Gasteiger partial charge in [-0.1, -0.05) is 18.2 Å². The molecule has 0 unspecified atom stereocenters. The van der Waals surface area contributed by atoms with E-state index in [1.54, 1.807) is 12.1 Å². The molecule has 0 amide bonds. The molecule has 112 valence electrons. The van der Waals surface area contributed by atoms with Crippen LogP contribution < -0.4 is 9.61 Å². The van der Waals surface area contributed by atoms with Crippen molar-refractivity contribution >= 4 is 23.1 Å². The van der Waals surface area contributed by atoms with Crippen molar-refractivity contribution in [2.24, 2.45) is 0 Å². The molecule has 1 aliphatic heterocycles. The lowest BCUT2D eigenvalue weighted by Crippen LogP contribution is -1.99. The third-order valence-electron chi connectivity index (χ3n) is 3.30. The van der Waals surface area contributed by atoms with Crippen LogP contribution in [0.15, 0.2) is 80.8 Å². The van der Waals surface area contributed by atoms with Gasteiger partial charge in [-0.05, 0) is 36.4 Å². The molecule has 1 heterocycles. The van der Waals surface area contributed by atoms with Gasteiger partial charge < -0.3 is 8.60 Å². The van der Waals surface area contributed by atoms with E-state index in [9.17, 15) is 4.79 Å². The zero-order valence-corrected chi connectivity index (χ0v) is 12.7. The van der Waals surface area contributed by atoms with Crippen LogP contribution >= 0.6 is 12.0 Å². The maximum absolute atomic E-state index is 11.4. The summed E-state index contributed by atoms with van der Waals surface area (Å²) in [6.07, 6.45) is 0. The fourth-order valence-corrected chi connectivity index (χ4v) is 2.77. The molecule has 4 nitrogen and oxygen atoms in total. The zero-order chi connectivity index (χ0) is 15.6. The average molecular weight is 321 g/mol. The predicted octanol–water partition coefficient (Wildman–Crippen LogP) is 4.38. The molecule has 2 aromatic carbocycles. The molecule has 0 spiro atoms. The molecule has 0 radical (unpaired) electrons. The van der Waals surface area contributed by atoms with E-state index in [1.165, 1.54) is 24.2 Å². The monoisotopic (exact) mass is 321 g/mol. The van der Waals surface area contributed by atoms with Crippen molar-refractivity contribution in [1.82, 2.24) is 4.98 Å². The molecule has 4 rings (SSSR count). The summed E-state index contributed by atoms with van der Waals surface area (Å²) in [6.45, 7) is 0. The van der Waals surface area contributed by atoms with Crippen molar-refractivity contribution in [3.8, 4) is 17.2 Å². The van der Waals surface area contributed by atoms with Gasteiger partial charge in [0.15, 0.2) is 16.8 Å². The van der Waals surface area contributed by atoms with E-state index in [1.807, 2.05) is 42.5 Å². The van der Waals surface area contributed by atoms with Crippen LogP contribution in [-0.2, 0) is 0 Å². The molecule has 0 fully saturated rings. The fourth-order valence-electron chi connectivity index (χ4n) is 2.21. The molecule has 1 aliphatic carbocycles. The second kappa shape index (κ2) is 5.78. The highest BCUT2D eigenvalue weighted by molar-refractivity contribution is 7.95. The van der Waals surface area contributed by atoms with Crippen molar-refractivity contribution in [1.29, 1.82) is 0 Å². The van der Waals surface area contributed by atoms with Crippen LogP contribution in [0.1, 0.15) is 0 Å². The van der Waals surface area contributed by atoms with Gasteiger partial charge in [0.05, 0.1) is 12.0 Å². The summed E-state index contributed by atoms with van der Waals surface area (Å²) < 4.78 is 11.5. The minimum absolute atomic E-state index is 0.102. The number of hydrogen-bond donors (Lipinski definition) is 0. The maximum Gasteiger partial charge on any atom is 0.182 e. The molecule has 2 aliphatic rings. The molecular weight excluding hydrogens is 310 g/mol. The summed E-state index contributed by atoms with van der Waals surface area (Å²) >= 11 is 1.28. The zero-order valence-electron chi connectivity index (χ0n) is 11.9. The number of fused-ring (bicyclic) bond motifs is 2. The molecule has 23 heavy (non-hydrogen) atoms. The highest BCUT2D eigenvalue weighted by Crippen LogP contribution is 2.29. The highest BCUT2D eigenvalue weighted by atomic mass is 32.2. The van der Waals surface area contributed by atoms with Gasteiger partial charge in [-0.2, -0.15) is 0 Å². The van der Waals surface area contributed by atoms with Gasteiger partial charge in [-0.25, -0.2) is 4.98 Å². The third kappa shape index (κ3) is 2.91. The number of hydrogen-bond acceptors (Lipinski definition) is 5. The Hall–Kier alpha value is -2.79. The summed E-state index contributed by atoms with van der Waals surface area (Å²) in [4.78, 5) is 16.9. The molecule has 0 aromatic heterocycles. The molecule has 2 aromatic rings. The second-order valence-electron chi connectivity index (χ2n) is 4.95. The number of nitrogens with zero attached hydrogens (tertiary/aromatic N) is 1. The molecule has 5 heteroatoms. The van der Waals surface area contributed by atoms with Crippen LogP contribution in [0, 0.1) is 0 Å². The minimum atomic E-state index is -0.102. The number of rotatable bonds is 3. The minimum Gasteiger partial charge on any atom is -0.453 e. The first kappa shape index (κ1) is 13.8. The maximum atomic E-state index is 11.4. The van der Waals surface area contributed by atoms with E-state index in [2.05, 4.69) is 4.98 Å². The van der Waals surface area contributed by atoms with E-state index in [0.717, 1.165) is 4.90 Å². The lowest BCUT2D eigenvalue weighted by Gasteiger charge is -2.07. The van der Waals surface area contributed by atoms with Gasteiger partial charge in [0.2, 0.25) is 0 Å². The topological polar surface area (TPSA) is 52.3 Å². The average Bonchev–Trinajstić information content (AvgIpc) is 2.59. The quantitative estimate of drug-likeness (QED) is 0.414. The third-order valence-corrected chi connectivity index (χ3v) is 4.04. The van der Waals surface area contributed by atoms with Crippen LogP contribution in [0.2, 0.25) is 0 Å². The summed E-state index contributed by atoms with van der Waals surface area (Å²) in [6, 6.07) is 19.8. The molecule has 0 bridgehead atoms. The van der Waals surface area contributed by atoms with E-state index in [-0.39, 0.29) is 5.43 Å². The molecule has 0 N–H and O–H groups in total. The largest absolute Gasteiger partial charge is 0.453 e. The standard InChI is InChI=1S/C18H11NO3S/c20-12-6-8-15-17(10-12)21-18-11-13(7-9-16(18)19-15)22-23-14-4-2-1-3-5-14/h1-11H. The Morgan fingerprint density at radius 1 is 0.957 bits per heavy atom. The van der Waals surface area contributed by atoms with Crippen molar-refractivity contribution in [3.05, 3.63) is 77.0 Å². The highest BCUT2D eigenvalue weighted by Gasteiger charge is 2.10. The van der Waals surface area contributed by atoms with Crippen LogP contribution in [-0.4, -0.2) is 4.98 Å². The fraction of sp³-hybridized carbons (Fsp3) is 0. The van der Waals surface area contributed by atoms with Gasteiger partial charge in [0, 0.05) is 17.0 Å². The molecular formula is C18H11NO3S. The summed E-state index contributed by atoms with van der Waals surface area (Å²) in [5, 5.41) is 0. The second-order valence-corrected chi connectivity index (χ2v) is 5.76. The summed E-state index contributed by atoms with van der Waals surface area (Å²) in [7, 11) is 0. The predicted molar refractivity (Wildman–Crippen MR) is 89.8 cm³/mol. The normalized spacial score (nSPS) is 11.0. The molecule has 0 saturated heterocycles. The van der Waals surface area contributed by atoms with E-state index >= 15 is 0 Å². The first-order valence-electron chi connectivity index (χ1n) is 7.02. The van der Waals surface area contributed by atoms with Crippen LogP contribution in [0.25, 0.3) is 22.6 Å². The van der Waals surface area contributed by atoms with Crippen LogP contribution in [0.3, 0.4) is 0 Å². The van der Waals surface area contributed by atoms with Crippen LogP contribution in [0.5, 0.6) is 5.75 Å². The summed E-state index contributed by atoms with van der Waals surface area (Å²) in [5.74, 6) is 1.13. The molecule has 0 atom stereocenters. The SMILES string of the molecule is O=c1ccc2nc3ccc(OSc4ccccc4)cc3oc-2c1.